The van der Waals surface area contributed by atoms with E-state index in [4.69, 9.17) is 0 Å². The van der Waals surface area contributed by atoms with Crippen LogP contribution < -0.4 is 11.1 Å². The van der Waals surface area contributed by atoms with Crippen LogP contribution in [-0.4, -0.2) is 18.8 Å². The summed E-state index contributed by atoms with van der Waals surface area (Å²) in [4.78, 5) is 35.7. The molecule has 36 heavy (non-hydrogen) atoms. The maximum atomic E-state index is 15.9. The van der Waals surface area contributed by atoms with Crippen LogP contribution in [0.4, 0.5) is 17.6 Å². The van der Waals surface area contributed by atoms with Gasteiger partial charge in [-0.2, -0.15) is 0 Å². The summed E-state index contributed by atoms with van der Waals surface area (Å²) in [6.45, 7) is 0. The van der Waals surface area contributed by atoms with E-state index in [0.717, 1.165) is 8.80 Å². The van der Waals surface area contributed by atoms with Crippen molar-refractivity contribution >= 4 is 65.7 Å². The molecule has 0 bridgehead atoms. The van der Waals surface area contributed by atoms with E-state index in [1.54, 1.807) is 36.4 Å². The molecule has 0 spiro atoms. The fraction of sp³-hybridized carbons (Fsp3) is 0. The van der Waals surface area contributed by atoms with Gasteiger partial charge in [0.15, 0.2) is 34.6 Å². The predicted octanol–water partition coefficient (Wildman–Crippen LogP) is 4.90. The second-order valence-corrected chi connectivity index (χ2v) is 8.64. The fourth-order valence-corrected chi connectivity index (χ4v) is 5.47. The molecule has 4 heterocycles. The van der Waals surface area contributed by atoms with Crippen molar-refractivity contribution in [2.45, 2.75) is 0 Å². The molecule has 8 aromatic rings. The quantitative estimate of drug-likeness (QED) is 0.227. The number of benzene rings is 4. The molecule has 0 atom stereocenters. The zero-order chi connectivity index (χ0) is 24.6. The van der Waals surface area contributed by atoms with Gasteiger partial charge in [-0.15, -0.1) is 0 Å². The predicted molar refractivity (Wildman–Crippen MR) is 126 cm³/mol. The molecule has 8 rings (SSSR count). The minimum Gasteiger partial charge on any atom is -0.268 e. The lowest BCUT2D eigenvalue weighted by Crippen LogP contribution is -2.21. The molecule has 0 aliphatic heterocycles. The first kappa shape index (κ1) is 19.4. The van der Waals surface area contributed by atoms with Crippen LogP contribution in [0.5, 0.6) is 0 Å². The molecule has 0 unspecified atom stereocenters. The Balaban J connectivity index is 1.84. The molecule has 6 nitrogen and oxygen atoms in total. The molecule has 0 aliphatic carbocycles. The monoisotopic (exact) mass is 484 g/mol. The number of para-hydroxylation sites is 4. The molecule has 4 aromatic heterocycles. The molecule has 0 fully saturated rings. The Morgan fingerprint density at radius 1 is 0.500 bits per heavy atom. The van der Waals surface area contributed by atoms with Crippen LogP contribution in [0.15, 0.2) is 58.1 Å². The minimum atomic E-state index is -1.62. The maximum Gasteiger partial charge on any atom is 0.267 e. The number of fused-ring (bicyclic) bond motifs is 8. The Kier molecular flexibility index (Phi) is 3.26. The van der Waals surface area contributed by atoms with E-state index >= 15 is 17.6 Å². The molecule has 0 saturated carbocycles. The summed E-state index contributed by atoms with van der Waals surface area (Å²) in [7, 11) is 0. The molecule has 10 heteroatoms. The minimum absolute atomic E-state index is 0.217. The van der Waals surface area contributed by atoms with E-state index < -0.39 is 66.7 Å². The summed E-state index contributed by atoms with van der Waals surface area (Å²) in [5.41, 5.74) is -1.55. The summed E-state index contributed by atoms with van der Waals surface area (Å²) in [5.74, 6) is -6.06. The number of pyridine rings is 2. The van der Waals surface area contributed by atoms with Crippen molar-refractivity contribution in [3.8, 4) is 0 Å². The second kappa shape index (κ2) is 6.03. The third-order valence-corrected chi connectivity index (χ3v) is 6.92. The number of nitrogens with zero attached hydrogens (tertiary/aromatic N) is 4. The Labute approximate surface area is 194 Å². The molecule has 0 radical (unpaired) electrons. The van der Waals surface area contributed by atoms with E-state index in [2.05, 4.69) is 9.97 Å². The molecule has 172 valence electrons. The van der Waals surface area contributed by atoms with E-state index in [1.165, 1.54) is 12.1 Å². The van der Waals surface area contributed by atoms with Crippen LogP contribution in [-0.2, 0) is 0 Å². The van der Waals surface area contributed by atoms with Gasteiger partial charge in [0, 0.05) is 10.8 Å². The smallest absolute Gasteiger partial charge is 0.267 e. The topological polar surface area (TPSA) is 68.7 Å². The van der Waals surface area contributed by atoms with Gasteiger partial charge in [-0.25, -0.2) is 27.5 Å². The van der Waals surface area contributed by atoms with Gasteiger partial charge in [-0.05, 0) is 24.3 Å². The lowest BCUT2D eigenvalue weighted by molar-refractivity contribution is 0.520. The summed E-state index contributed by atoms with van der Waals surface area (Å²) in [6, 6.07) is 12.6. The van der Waals surface area contributed by atoms with Gasteiger partial charge >= 0.3 is 0 Å². The summed E-state index contributed by atoms with van der Waals surface area (Å²) in [5, 5.41) is -3.44. The molecule has 0 saturated heterocycles. The van der Waals surface area contributed by atoms with Crippen molar-refractivity contribution in [3.05, 3.63) is 92.5 Å². The zero-order valence-corrected chi connectivity index (χ0v) is 17.7. The zero-order valence-electron chi connectivity index (χ0n) is 17.7. The SMILES string of the molecule is O=c1c2c(F)c(F)c3c(=O)n4c5ccccc5nc4c4c(F)c(F)c(c2c34)c2nc3ccccc3n12. The molecular weight excluding hydrogens is 476 g/mol. The number of aromatic nitrogens is 4. The first-order valence-electron chi connectivity index (χ1n) is 10.8. The molecular formula is C26H8F4N4O2. The van der Waals surface area contributed by atoms with Crippen LogP contribution in [0, 0.1) is 23.3 Å². The number of hydrogen-bond donors (Lipinski definition) is 0. The number of rotatable bonds is 0. The Bertz CT molecular complexity index is 2240. The number of imidazole rings is 2. The summed E-state index contributed by atoms with van der Waals surface area (Å²) < 4.78 is 64.8. The van der Waals surface area contributed by atoms with E-state index in [9.17, 15) is 9.59 Å². The van der Waals surface area contributed by atoms with Gasteiger partial charge in [-0.1, -0.05) is 24.3 Å². The molecule has 0 aliphatic rings. The normalized spacial score (nSPS) is 12.7. The molecule has 0 amide bonds. The highest BCUT2D eigenvalue weighted by molar-refractivity contribution is 6.28. The summed E-state index contributed by atoms with van der Waals surface area (Å²) >= 11 is 0. The van der Waals surface area contributed by atoms with Crippen LogP contribution in [0.25, 0.3) is 65.7 Å². The molecule has 4 aromatic carbocycles. The van der Waals surface area contributed by atoms with Gasteiger partial charge < -0.3 is 0 Å². The Morgan fingerprint density at radius 3 is 1.28 bits per heavy atom. The van der Waals surface area contributed by atoms with Crippen molar-refractivity contribution in [2.24, 2.45) is 0 Å². The fourth-order valence-electron chi connectivity index (χ4n) is 5.47. The summed E-state index contributed by atoms with van der Waals surface area (Å²) in [6.07, 6.45) is 0. The van der Waals surface area contributed by atoms with Crippen molar-refractivity contribution in [1.82, 2.24) is 18.8 Å². The van der Waals surface area contributed by atoms with Gasteiger partial charge in [0.25, 0.3) is 11.1 Å². The first-order chi connectivity index (χ1) is 17.4. The highest BCUT2D eigenvalue weighted by atomic mass is 19.2. The van der Waals surface area contributed by atoms with Crippen LogP contribution in [0.3, 0.4) is 0 Å². The van der Waals surface area contributed by atoms with Crippen LogP contribution in [0.2, 0.25) is 0 Å². The van der Waals surface area contributed by atoms with Crippen molar-refractivity contribution < 1.29 is 17.6 Å². The van der Waals surface area contributed by atoms with Gasteiger partial charge in [0.1, 0.15) is 0 Å². The standard InChI is InChI=1S/C26H8F4N4O2/c27-19-15-13-14-16(20(19)28)24-32-10-6-2-4-8-12(10)34(24)26(36)18(14)22(30)21(29)17(13)25(35)33-11-7-3-1-5-9(11)31-23(15)33/h1-8H. The Hall–Kier alpha value is -4.86. The van der Waals surface area contributed by atoms with Crippen molar-refractivity contribution in [2.75, 3.05) is 0 Å². The number of halogens is 4. The second-order valence-electron chi connectivity index (χ2n) is 8.64. The van der Waals surface area contributed by atoms with Crippen molar-refractivity contribution in [1.29, 1.82) is 0 Å². The van der Waals surface area contributed by atoms with E-state index in [0.29, 0.717) is 0 Å². The van der Waals surface area contributed by atoms with Gasteiger partial charge in [-0.3, -0.25) is 18.4 Å². The maximum absolute atomic E-state index is 15.9. The largest absolute Gasteiger partial charge is 0.268 e. The third-order valence-electron chi connectivity index (χ3n) is 6.92. The van der Waals surface area contributed by atoms with Gasteiger partial charge in [0.05, 0.1) is 43.6 Å². The third kappa shape index (κ3) is 1.94. The van der Waals surface area contributed by atoms with E-state index in [-0.39, 0.29) is 33.4 Å². The average molecular weight is 484 g/mol. The highest BCUT2D eigenvalue weighted by Gasteiger charge is 2.32. The average Bonchev–Trinajstić information content (AvgIpc) is 3.45. The van der Waals surface area contributed by atoms with Crippen molar-refractivity contribution in [3.63, 3.8) is 0 Å². The Morgan fingerprint density at radius 2 is 0.861 bits per heavy atom. The van der Waals surface area contributed by atoms with Gasteiger partial charge in [0.2, 0.25) is 0 Å². The first-order valence-corrected chi connectivity index (χ1v) is 10.8. The number of hydrogen-bond acceptors (Lipinski definition) is 4. The lowest BCUT2D eigenvalue weighted by Gasteiger charge is -2.15. The van der Waals surface area contributed by atoms with Crippen LogP contribution in [0.1, 0.15) is 0 Å². The molecule has 0 N–H and O–H groups in total. The lowest BCUT2D eigenvalue weighted by atomic mass is 9.94. The van der Waals surface area contributed by atoms with Crippen LogP contribution >= 0.6 is 0 Å². The highest BCUT2D eigenvalue weighted by Crippen LogP contribution is 2.42. The van der Waals surface area contributed by atoms with E-state index in [1.807, 2.05) is 0 Å².